The first kappa shape index (κ1) is 11.1. The van der Waals surface area contributed by atoms with Gasteiger partial charge in [-0.3, -0.25) is 4.98 Å². The zero-order valence-corrected chi connectivity index (χ0v) is 8.46. The van der Waals surface area contributed by atoms with E-state index in [1.165, 1.54) is 12.1 Å². The van der Waals surface area contributed by atoms with Crippen molar-refractivity contribution in [2.24, 2.45) is 5.73 Å². The number of hydrogen-bond acceptors (Lipinski definition) is 4. The summed E-state index contributed by atoms with van der Waals surface area (Å²) in [5.74, 6) is -0.661. The Morgan fingerprint density at radius 3 is 2.64 bits per heavy atom. The minimum Gasteiger partial charge on any atom is -0.322 e. The van der Waals surface area contributed by atoms with Crippen molar-refractivity contribution in [2.75, 3.05) is 12.0 Å². The summed E-state index contributed by atoms with van der Waals surface area (Å²) in [7, 11) is -3.14. The van der Waals surface area contributed by atoms with E-state index in [0.717, 1.165) is 12.5 Å². The second kappa shape index (κ2) is 4.02. The Morgan fingerprint density at radius 1 is 1.57 bits per heavy atom. The quantitative estimate of drug-likeness (QED) is 0.790. The lowest BCUT2D eigenvalue weighted by Gasteiger charge is -2.08. The van der Waals surface area contributed by atoms with Crippen LogP contribution in [-0.2, 0) is 9.84 Å². The van der Waals surface area contributed by atoms with Gasteiger partial charge in [0.05, 0.1) is 23.7 Å². The molecule has 1 heterocycles. The molecule has 0 radical (unpaired) electrons. The van der Waals surface area contributed by atoms with Gasteiger partial charge in [0.2, 0.25) is 0 Å². The van der Waals surface area contributed by atoms with E-state index in [4.69, 9.17) is 5.73 Å². The first-order valence-corrected chi connectivity index (χ1v) is 5.99. The molecule has 4 nitrogen and oxygen atoms in total. The lowest BCUT2D eigenvalue weighted by molar-refractivity contribution is 0.592. The van der Waals surface area contributed by atoms with Gasteiger partial charge in [-0.05, 0) is 12.1 Å². The Kier molecular flexibility index (Phi) is 3.17. The van der Waals surface area contributed by atoms with E-state index in [1.54, 1.807) is 0 Å². The third kappa shape index (κ3) is 3.39. The van der Waals surface area contributed by atoms with E-state index in [0.29, 0.717) is 5.69 Å². The van der Waals surface area contributed by atoms with E-state index in [1.807, 2.05) is 0 Å². The van der Waals surface area contributed by atoms with Gasteiger partial charge < -0.3 is 5.73 Å². The summed E-state index contributed by atoms with van der Waals surface area (Å²) in [5.41, 5.74) is 5.94. The van der Waals surface area contributed by atoms with Crippen LogP contribution in [-0.4, -0.2) is 25.4 Å². The fourth-order valence-corrected chi connectivity index (χ4v) is 1.84. The molecule has 14 heavy (non-hydrogen) atoms. The van der Waals surface area contributed by atoms with E-state index in [-0.39, 0.29) is 5.75 Å². The van der Waals surface area contributed by atoms with Crippen molar-refractivity contribution in [3.05, 3.63) is 29.8 Å². The number of rotatable bonds is 3. The van der Waals surface area contributed by atoms with Gasteiger partial charge in [0.15, 0.2) is 0 Å². The van der Waals surface area contributed by atoms with E-state index in [9.17, 15) is 12.8 Å². The Bertz CT molecular complexity index is 402. The van der Waals surface area contributed by atoms with Gasteiger partial charge in [-0.25, -0.2) is 12.8 Å². The summed E-state index contributed by atoms with van der Waals surface area (Å²) in [5, 5.41) is 0. The molecular weight excluding hydrogens is 207 g/mol. The summed E-state index contributed by atoms with van der Waals surface area (Å²) in [6.45, 7) is 0. The van der Waals surface area contributed by atoms with Gasteiger partial charge >= 0.3 is 0 Å². The molecule has 2 N–H and O–H groups in total. The monoisotopic (exact) mass is 218 g/mol. The van der Waals surface area contributed by atoms with Crippen molar-refractivity contribution in [1.82, 2.24) is 4.98 Å². The average molecular weight is 218 g/mol. The molecule has 0 aromatic carbocycles. The summed E-state index contributed by atoms with van der Waals surface area (Å²) >= 11 is 0. The first-order chi connectivity index (χ1) is 6.38. The Balaban J connectivity index is 2.80. The topological polar surface area (TPSA) is 73.0 Å². The standard InChI is InChI=1S/C8H11FN2O2S/c1-14(12,13)5-7(10)8-3-2-6(9)4-11-8/h2-4,7H,5,10H2,1H3. The number of nitrogens with two attached hydrogens (primary N) is 1. The maximum Gasteiger partial charge on any atom is 0.149 e. The molecule has 0 bridgehead atoms. The van der Waals surface area contributed by atoms with Gasteiger partial charge in [0.1, 0.15) is 15.7 Å². The van der Waals surface area contributed by atoms with Crippen molar-refractivity contribution in [1.29, 1.82) is 0 Å². The van der Waals surface area contributed by atoms with Crippen molar-refractivity contribution in [3.63, 3.8) is 0 Å². The fraction of sp³-hybridized carbons (Fsp3) is 0.375. The predicted molar refractivity (Wildman–Crippen MR) is 50.8 cm³/mol. The molecule has 6 heteroatoms. The molecule has 0 aliphatic carbocycles. The van der Waals surface area contributed by atoms with Gasteiger partial charge in [-0.15, -0.1) is 0 Å². The summed E-state index contributed by atoms with van der Waals surface area (Å²) < 4.78 is 34.3. The molecule has 0 saturated heterocycles. The Labute approximate surface area is 81.9 Å². The molecule has 0 spiro atoms. The van der Waals surface area contributed by atoms with Crippen LogP contribution in [0, 0.1) is 5.82 Å². The first-order valence-electron chi connectivity index (χ1n) is 3.93. The lowest BCUT2D eigenvalue weighted by Crippen LogP contribution is -2.21. The van der Waals surface area contributed by atoms with Crippen LogP contribution < -0.4 is 5.73 Å². The zero-order chi connectivity index (χ0) is 10.8. The highest BCUT2D eigenvalue weighted by Gasteiger charge is 2.13. The van der Waals surface area contributed by atoms with Gasteiger partial charge in [-0.1, -0.05) is 0 Å². The summed E-state index contributed by atoms with van der Waals surface area (Å²) in [4.78, 5) is 3.70. The zero-order valence-electron chi connectivity index (χ0n) is 7.64. The third-order valence-electron chi connectivity index (χ3n) is 1.61. The highest BCUT2D eigenvalue weighted by molar-refractivity contribution is 7.90. The molecule has 1 aromatic rings. The van der Waals surface area contributed by atoms with Crippen LogP contribution in [0.1, 0.15) is 11.7 Å². The van der Waals surface area contributed by atoms with Crippen LogP contribution in [0.2, 0.25) is 0 Å². The number of nitrogens with zero attached hydrogens (tertiary/aromatic N) is 1. The van der Waals surface area contributed by atoms with E-state index in [2.05, 4.69) is 4.98 Å². The van der Waals surface area contributed by atoms with Gasteiger partial charge in [0.25, 0.3) is 0 Å². The minimum absolute atomic E-state index is 0.189. The van der Waals surface area contributed by atoms with Gasteiger partial charge in [0, 0.05) is 6.26 Å². The normalized spacial score (nSPS) is 13.9. The Morgan fingerprint density at radius 2 is 2.21 bits per heavy atom. The SMILES string of the molecule is CS(=O)(=O)CC(N)c1ccc(F)cn1. The van der Waals surface area contributed by atoms with E-state index >= 15 is 0 Å². The molecule has 0 aliphatic heterocycles. The van der Waals surface area contributed by atoms with E-state index < -0.39 is 21.7 Å². The molecule has 1 unspecified atom stereocenters. The van der Waals surface area contributed by atoms with Crippen molar-refractivity contribution < 1.29 is 12.8 Å². The minimum atomic E-state index is -3.14. The van der Waals surface area contributed by atoms with Crippen LogP contribution in [0.25, 0.3) is 0 Å². The number of sulfone groups is 1. The van der Waals surface area contributed by atoms with Crippen molar-refractivity contribution in [3.8, 4) is 0 Å². The molecule has 0 fully saturated rings. The molecule has 0 saturated carbocycles. The predicted octanol–water partition coefficient (Wildman–Crippen LogP) is 0.265. The van der Waals surface area contributed by atoms with Crippen LogP contribution in [0.4, 0.5) is 4.39 Å². The number of hydrogen-bond donors (Lipinski definition) is 1. The highest BCUT2D eigenvalue weighted by Crippen LogP contribution is 2.09. The summed E-state index contributed by atoms with van der Waals surface area (Å²) in [6, 6.07) is 1.88. The molecule has 1 rings (SSSR count). The highest BCUT2D eigenvalue weighted by atomic mass is 32.2. The molecule has 1 atom stereocenters. The average Bonchev–Trinajstić information content (AvgIpc) is 2.02. The Hall–Kier alpha value is -1.01. The second-order valence-electron chi connectivity index (χ2n) is 3.10. The van der Waals surface area contributed by atoms with Crippen molar-refractivity contribution >= 4 is 9.84 Å². The van der Waals surface area contributed by atoms with Crippen LogP contribution in [0.5, 0.6) is 0 Å². The molecule has 0 aliphatic rings. The number of halogens is 1. The number of aromatic nitrogens is 1. The molecule has 1 aromatic heterocycles. The number of pyridine rings is 1. The van der Waals surface area contributed by atoms with Crippen LogP contribution >= 0.6 is 0 Å². The molecular formula is C8H11FN2O2S. The smallest absolute Gasteiger partial charge is 0.149 e. The summed E-state index contributed by atoms with van der Waals surface area (Å²) in [6.07, 6.45) is 2.11. The molecule has 0 amide bonds. The molecule has 78 valence electrons. The third-order valence-corrected chi connectivity index (χ3v) is 2.58. The largest absolute Gasteiger partial charge is 0.322 e. The van der Waals surface area contributed by atoms with Crippen LogP contribution in [0.15, 0.2) is 18.3 Å². The van der Waals surface area contributed by atoms with Crippen molar-refractivity contribution in [2.45, 2.75) is 6.04 Å². The van der Waals surface area contributed by atoms with Gasteiger partial charge in [-0.2, -0.15) is 0 Å². The van der Waals surface area contributed by atoms with Crippen LogP contribution in [0.3, 0.4) is 0 Å². The fourth-order valence-electron chi connectivity index (χ4n) is 1.02. The maximum absolute atomic E-state index is 12.5. The lowest BCUT2D eigenvalue weighted by atomic mass is 10.2. The second-order valence-corrected chi connectivity index (χ2v) is 5.29. The maximum atomic E-state index is 12.5.